The minimum Gasteiger partial charge on any atom is -0.481 e. The highest BCUT2D eigenvalue weighted by atomic mass is 16.5. The molecule has 0 saturated carbocycles. The summed E-state index contributed by atoms with van der Waals surface area (Å²) < 4.78 is 5.38. The molecule has 1 N–H and O–H groups in total. The normalized spacial score (nSPS) is 29.9. The Morgan fingerprint density at radius 2 is 2.29 bits per heavy atom. The lowest BCUT2D eigenvalue weighted by molar-refractivity contribution is -0.148. The maximum absolute atomic E-state index is 10.6. The molecule has 2 rings (SSSR count). The van der Waals surface area contributed by atoms with Crippen molar-refractivity contribution in [3.63, 3.8) is 0 Å². The van der Waals surface area contributed by atoms with Crippen LogP contribution in [0, 0.1) is 11.8 Å². The summed E-state index contributed by atoms with van der Waals surface area (Å²) in [6.07, 6.45) is 2.38. The highest BCUT2D eigenvalue weighted by Crippen LogP contribution is 2.21. The zero-order valence-corrected chi connectivity index (χ0v) is 8.32. The molecule has 1 atom stereocenters. The Hall–Kier alpha value is -0.610. The molecule has 0 aromatic heterocycles. The van der Waals surface area contributed by atoms with Crippen LogP contribution in [0.15, 0.2) is 0 Å². The first-order valence-electron chi connectivity index (χ1n) is 5.28. The van der Waals surface area contributed by atoms with Crippen LogP contribution >= 0.6 is 0 Å². The van der Waals surface area contributed by atoms with Gasteiger partial charge in [-0.3, -0.25) is 4.79 Å². The third-order valence-corrected chi connectivity index (χ3v) is 3.08. The number of rotatable bonds is 3. The largest absolute Gasteiger partial charge is 0.481 e. The molecule has 14 heavy (non-hydrogen) atoms. The fourth-order valence-corrected chi connectivity index (χ4v) is 2.19. The van der Waals surface area contributed by atoms with Crippen LogP contribution in [0.4, 0.5) is 0 Å². The van der Waals surface area contributed by atoms with Crippen LogP contribution in [-0.2, 0) is 9.53 Å². The number of carboxylic acid groups (broad SMARTS) is 1. The van der Waals surface area contributed by atoms with Gasteiger partial charge in [0.2, 0.25) is 0 Å². The third kappa shape index (κ3) is 2.25. The van der Waals surface area contributed by atoms with Gasteiger partial charge in [-0.1, -0.05) is 0 Å². The van der Waals surface area contributed by atoms with Crippen LogP contribution in [0.25, 0.3) is 0 Å². The van der Waals surface area contributed by atoms with Gasteiger partial charge in [-0.2, -0.15) is 0 Å². The fourth-order valence-electron chi connectivity index (χ4n) is 2.19. The summed E-state index contributed by atoms with van der Waals surface area (Å²) in [5.41, 5.74) is 0. The van der Waals surface area contributed by atoms with Gasteiger partial charge >= 0.3 is 5.97 Å². The molecular formula is C10H17NO3. The van der Waals surface area contributed by atoms with Gasteiger partial charge in [0.1, 0.15) is 0 Å². The number of carbonyl (C=O) groups is 1. The van der Waals surface area contributed by atoms with E-state index < -0.39 is 5.97 Å². The van der Waals surface area contributed by atoms with Gasteiger partial charge in [-0.25, -0.2) is 0 Å². The number of ether oxygens (including phenoxy) is 1. The van der Waals surface area contributed by atoms with Crippen molar-refractivity contribution in [1.82, 2.24) is 4.90 Å². The van der Waals surface area contributed by atoms with Crippen molar-refractivity contribution >= 4 is 5.97 Å². The summed E-state index contributed by atoms with van der Waals surface area (Å²) in [5, 5.41) is 8.71. The molecule has 1 unspecified atom stereocenters. The van der Waals surface area contributed by atoms with Crippen molar-refractivity contribution in [2.24, 2.45) is 11.8 Å². The summed E-state index contributed by atoms with van der Waals surface area (Å²) >= 11 is 0. The summed E-state index contributed by atoms with van der Waals surface area (Å²) in [6, 6.07) is 0. The standard InChI is InChI=1S/C10H17NO3/c12-10(13)9-5-11(6-9)4-8-2-1-3-14-7-8/h8-9H,1-7H2,(H,12,13). The first kappa shape index (κ1) is 9.93. The minimum absolute atomic E-state index is 0.125. The van der Waals surface area contributed by atoms with E-state index in [1.54, 1.807) is 0 Å². The Balaban J connectivity index is 1.65. The summed E-state index contributed by atoms with van der Waals surface area (Å²) in [7, 11) is 0. The zero-order valence-electron chi connectivity index (χ0n) is 8.32. The van der Waals surface area contributed by atoms with Crippen LogP contribution in [-0.4, -0.2) is 48.8 Å². The Labute approximate surface area is 83.8 Å². The van der Waals surface area contributed by atoms with Crippen molar-refractivity contribution in [2.75, 3.05) is 32.8 Å². The lowest BCUT2D eigenvalue weighted by atomic mass is 9.95. The predicted molar refractivity (Wildman–Crippen MR) is 51.1 cm³/mol. The molecule has 2 saturated heterocycles. The van der Waals surface area contributed by atoms with Gasteiger partial charge < -0.3 is 14.7 Å². The number of hydrogen-bond acceptors (Lipinski definition) is 3. The second kappa shape index (κ2) is 4.28. The second-order valence-electron chi connectivity index (χ2n) is 4.34. The van der Waals surface area contributed by atoms with E-state index in [-0.39, 0.29) is 5.92 Å². The van der Waals surface area contributed by atoms with Gasteiger partial charge in [0, 0.05) is 26.2 Å². The lowest BCUT2D eigenvalue weighted by Gasteiger charge is -2.39. The van der Waals surface area contributed by atoms with Crippen LogP contribution < -0.4 is 0 Å². The maximum Gasteiger partial charge on any atom is 0.309 e. The number of nitrogens with zero attached hydrogens (tertiary/aromatic N) is 1. The van der Waals surface area contributed by atoms with Gasteiger partial charge in [-0.05, 0) is 18.8 Å². The number of carboxylic acids is 1. The number of hydrogen-bond donors (Lipinski definition) is 1. The monoisotopic (exact) mass is 199 g/mol. The van der Waals surface area contributed by atoms with E-state index in [4.69, 9.17) is 9.84 Å². The summed E-state index contributed by atoms with van der Waals surface area (Å²) in [5.74, 6) is -0.154. The van der Waals surface area contributed by atoms with Crippen LogP contribution in [0.1, 0.15) is 12.8 Å². The lowest BCUT2D eigenvalue weighted by Crippen LogP contribution is -2.52. The molecule has 0 aromatic rings. The quantitative estimate of drug-likeness (QED) is 0.716. The molecule has 2 fully saturated rings. The predicted octanol–water partition coefficient (Wildman–Crippen LogP) is 0.429. The second-order valence-corrected chi connectivity index (χ2v) is 4.34. The average molecular weight is 199 g/mol. The summed E-state index contributed by atoms with van der Waals surface area (Å²) in [4.78, 5) is 12.8. The van der Waals surface area contributed by atoms with E-state index in [0.717, 1.165) is 39.3 Å². The Morgan fingerprint density at radius 3 is 2.86 bits per heavy atom. The summed E-state index contributed by atoms with van der Waals surface area (Å²) in [6.45, 7) is 4.23. The van der Waals surface area contributed by atoms with Crippen LogP contribution in [0.5, 0.6) is 0 Å². The molecule has 0 radical (unpaired) electrons. The maximum atomic E-state index is 10.6. The molecule has 0 bridgehead atoms. The van der Waals surface area contributed by atoms with Crippen molar-refractivity contribution in [3.05, 3.63) is 0 Å². The molecule has 4 nitrogen and oxygen atoms in total. The molecule has 0 aliphatic carbocycles. The fraction of sp³-hybridized carbons (Fsp3) is 0.900. The van der Waals surface area contributed by atoms with Gasteiger partial charge in [0.25, 0.3) is 0 Å². The minimum atomic E-state index is -0.652. The molecule has 0 spiro atoms. The van der Waals surface area contributed by atoms with E-state index in [1.807, 2.05) is 0 Å². The van der Waals surface area contributed by atoms with Crippen molar-refractivity contribution in [2.45, 2.75) is 12.8 Å². The van der Waals surface area contributed by atoms with Crippen molar-refractivity contribution in [1.29, 1.82) is 0 Å². The molecular weight excluding hydrogens is 182 g/mol. The van der Waals surface area contributed by atoms with E-state index in [2.05, 4.69) is 4.90 Å². The number of aliphatic carboxylic acids is 1. The molecule has 4 heteroatoms. The van der Waals surface area contributed by atoms with Crippen LogP contribution in [0.2, 0.25) is 0 Å². The molecule has 80 valence electrons. The smallest absolute Gasteiger partial charge is 0.309 e. The first-order chi connectivity index (χ1) is 6.75. The third-order valence-electron chi connectivity index (χ3n) is 3.08. The molecule has 0 aromatic carbocycles. The average Bonchev–Trinajstić information content (AvgIpc) is 2.12. The van der Waals surface area contributed by atoms with Gasteiger partial charge in [0.15, 0.2) is 0 Å². The topological polar surface area (TPSA) is 49.8 Å². The Bertz CT molecular complexity index is 207. The van der Waals surface area contributed by atoms with E-state index in [9.17, 15) is 4.79 Å². The highest BCUT2D eigenvalue weighted by Gasteiger charge is 2.33. The van der Waals surface area contributed by atoms with E-state index in [0.29, 0.717) is 5.92 Å². The van der Waals surface area contributed by atoms with Gasteiger partial charge in [0.05, 0.1) is 12.5 Å². The Kier molecular flexibility index (Phi) is 3.03. The van der Waals surface area contributed by atoms with Gasteiger partial charge in [-0.15, -0.1) is 0 Å². The van der Waals surface area contributed by atoms with Crippen molar-refractivity contribution in [3.8, 4) is 0 Å². The molecule has 2 aliphatic heterocycles. The SMILES string of the molecule is O=C(O)C1CN(CC2CCCOC2)C1. The first-order valence-corrected chi connectivity index (χ1v) is 5.28. The van der Waals surface area contributed by atoms with E-state index in [1.165, 1.54) is 6.42 Å². The van der Waals surface area contributed by atoms with Crippen molar-refractivity contribution < 1.29 is 14.6 Å². The number of likely N-dealkylation sites (tertiary alicyclic amines) is 1. The van der Waals surface area contributed by atoms with Crippen LogP contribution in [0.3, 0.4) is 0 Å². The van der Waals surface area contributed by atoms with E-state index >= 15 is 0 Å². The molecule has 2 heterocycles. The molecule has 0 amide bonds. The molecule has 2 aliphatic rings. The zero-order chi connectivity index (χ0) is 9.97. The Morgan fingerprint density at radius 1 is 1.50 bits per heavy atom. The highest BCUT2D eigenvalue weighted by molar-refractivity contribution is 5.71.